The second-order valence-corrected chi connectivity index (χ2v) is 5.34. The molecule has 1 heterocycles. The minimum absolute atomic E-state index is 0.00543. The first-order valence-electron chi connectivity index (χ1n) is 7.43. The third-order valence-corrected chi connectivity index (χ3v) is 3.62. The summed E-state index contributed by atoms with van der Waals surface area (Å²) in [5, 5.41) is 5.39. The zero-order chi connectivity index (χ0) is 15.9. The standard InChI is InChI=1S/C16H21N3O3/c1-12(20)17-9-10-18-16(22)14-7-8-15(21)19(14)11-13-5-3-2-4-6-13/h2-6,14H,7-11H2,1H3,(H,17,20)(H,18,22). The second kappa shape index (κ2) is 7.59. The fourth-order valence-corrected chi connectivity index (χ4v) is 2.53. The molecule has 1 aliphatic heterocycles. The topological polar surface area (TPSA) is 78.5 Å². The monoisotopic (exact) mass is 303 g/mol. The molecule has 6 nitrogen and oxygen atoms in total. The molecule has 2 N–H and O–H groups in total. The molecule has 0 radical (unpaired) electrons. The number of likely N-dealkylation sites (tertiary alicyclic amines) is 1. The van der Waals surface area contributed by atoms with Crippen LogP contribution in [0.3, 0.4) is 0 Å². The summed E-state index contributed by atoms with van der Waals surface area (Å²) in [5.41, 5.74) is 1.01. The molecule has 1 saturated heterocycles. The van der Waals surface area contributed by atoms with E-state index in [1.54, 1.807) is 4.90 Å². The number of nitrogens with one attached hydrogen (secondary N) is 2. The number of rotatable bonds is 6. The van der Waals surface area contributed by atoms with Gasteiger partial charge < -0.3 is 15.5 Å². The van der Waals surface area contributed by atoms with Crippen LogP contribution in [0.2, 0.25) is 0 Å². The molecule has 0 spiro atoms. The van der Waals surface area contributed by atoms with E-state index in [-0.39, 0.29) is 17.7 Å². The number of nitrogens with zero attached hydrogens (tertiary/aromatic N) is 1. The van der Waals surface area contributed by atoms with E-state index >= 15 is 0 Å². The average molecular weight is 303 g/mol. The van der Waals surface area contributed by atoms with Gasteiger partial charge in [0.25, 0.3) is 0 Å². The quantitative estimate of drug-likeness (QED) is 0.748. The number of hydrogen-bond donors (Lipinski definition) is 2. The fourth-order valence-electron chi connectivity index (χ4n) is 2.53. The molecule has 6 heteroatoms. The Bertz CT molecular complexity index is 545. The molecular weight excluding hydrogens is 282 g/mol. The predicted octanol–water partition coefficient (Wildman–Crippen LogP) is 0.430. The first-order chi connectivity index (χ1) is 10.6. The maximum Gasteiger partial charge on any atom is 0.242 e. The van der Waals surface area contributed by atoms with Gasteiger partial charge in [-0.1, -0.05) is 30.3 Å². The Morgan fingerprint density at radius 3 is 2.55 bits per heavy atom. The van der Waals surface area contributed by atoms with Gasteiger partial charge in [-0.15, -0.1) is 0 Å². The summed E-state index contributed by atoms with van der Waals surface area (Å²) in [4.78, 5) is 36.6. The Morgan fingerprint density at radius 2 is 1.86 bits per heavy atom. The van der Waals surface area contributed by atoms with Gasteiger partial charge in [-0.25, -0.2) is 0 Å². The van der Waals surface area contributed by atoms with Crippen molar-refractivity contribution in [3.8, 4) is 0 Å². The first-order valence-corrected chi connectivity index (χ1v) is 7.43. The normalized spacial score (nSPS) is 17.4. The van der Waals surface area contributed by atoms with E-state index in [9.17, 15) is 14.4 Å². The highest BCUT2D eigenvalue weighted by Gasteiger charge is 2.35. The molecule has 1 unspecified atom stereocenters. The molecule has 3 amide bonds. The lowest BCUT2D eigenvalue weighted by molar-refractivity contribution is -0.135. The molecule has 2 rings (SSSR count). The molecule has 1 fully saturated rings. The van der Waals surface area contributed by atoms with Crippen LogP contribution in [-0.4, -0.2) is 41.8 Å². The van der Waals surface area contributed by atoms with Crippen LogP contribution in [0.5, 0.6) is 0 Å². The highest BCUT2D eigenvalue weighted by molar-refractivity contribution is 5.90. The van der Waals surface area contributed by atoms with E-state index in [1.165, 1.54) is 6.92 Å². The first kappa shape index (κ1) is 16.0. The molecule has 118 valence electrons. The lowest BCUT2D eigenvalue weighted by Crippen LogP contribution is -2.46. The third-order valence-electron chi connectivity index (χ3n) is 3.62. The fraction of sp³-hybridized carbons (Fsp3) is 0.438. The van der Waals surface area contributed by atoms with Gasteiger partial charge >= 0.3 is 0 Å². The molecule has 1 atom stereocenters. The molecule has 0 bridgehead atoms. The van der Waals surface area contributed by atoms with Crippen LogP contribution in [0.1, 0.15) is 25.3 Å². The van der Waals surface area contributed by atoms with Crippen molar-refractivity contribution in [3.63, 3.8) is 0 Å². The smallest absolute Gasteiger partial charge is 0.242 e. The molecule has 0 aliphatic carbocycles. The molecule has 0 saturated carbocycles. The van der Waals surface area contributed by atoms with Gasteiger partial charge in [0.05, 0.1) is 0 Å². The Kier molecular flexibility index (Phi) is 5.52. The third kappa shape index (κ3) is 4.31. The summed E-state index contributed by atoms with van der Waals surface area (Å²) >= 11 is 0. The van der Waals surface area contributed by atoms with E-state index in [0.29, 0.717) is 32.5 Å². The minimum atomic E-state index is -0.426. The van der Waals surface area contributed by atoms with E-state index in [1.807, 2.05) is 30.3 Å². The van der Waals surface area contributed by atoms with Gasteiger partial charge in [0.2, 0.25) is 17.7 Å². The average Bonchev–Trinajstić information content (AvgIpc) is 2.86. The Labute approximate surface area is 129 Å². The SMILES string of the molecule is CC(=O)NCCNC(=O)C1CCC(=O)N1Cc1ccccc1. The van der Waals surface area contributed by atoms with Crippen LogP contribution in [0.15, 0.2) is 30.3 Å². The highest BCUT2D eigenvalue weighted by atomic mass is 16.2. The van der Waals surface area contributed by atoms with Crippen molar-refractivity contribution < 1.29 is 14.4 Å². The van der Waals surface area contributed by atoms with Crippen LogP contribution in [0.25, 0.3) is 0 Å². The number of benzene rings is 1. The highest BCUT2D eigenvalue weighted by Crippen LogP contribution is 2.21. The van der Waals surface area contributed by atoms with Crippen molar-refractivity contribution in [2.75, 3.05) is 13.1 Å². The van der Waals surface area contributed by atoms with Gasteiger partial charge in [-0.2, -0.15) is 0 Å². The van der Waals surface area contributed by atoms with Crippen molar-refractivity contribution in [3.05, 3.63) is 35.9 Å². The number of carbonyl (C=O) groups excluding carboxylic acids is 3. The van der Waals surface area contributed by atoms with E-state index in [2.05, 4.69) is 10.6 Å². The van der Waals surface area contributed by atoms with Crippen molar-refractivity contribution in [2.24, 2.45) is 0 Å². The van der Waals surface area contributed by atoms with Crippen LogP contribution in [0.4, 0.5) is 0 Å². The molecule has 1 aromatic carbocycles. The Hall–Kier alpha value is -2.37. The largest absolute Gasteiger partial charge is 0.355 e. The number of carbonyl (C=O) groups is 3. The van der Waals surface area contributed by atoms with Crippen LogP contribution < -0.4 is 10.6 Å². The van der Waals surface area contributed by atoms with Gasteiger partial charge in [-0.3, -0.25) is 14.4 Å². The van der Waals surface area contributed by atoms with Crippen molar-refractivity contribution in [1.82, 2.24) is 15.5 Å². The summed E-state index contributed by atoms with van der Waals surface area (Å²) < 4.78 is 0. The maximum atomic E-state index is 12.2. The predicted molar refractivity (Wildman–Crippen MR) is 81.7 cm³/mol. The molecule has 0 aromatic heterocycles. The van der Waals surface area contributed by atoms with Crippen LogP contribution >= 0.6 is 0 Å². The molecule has 1 aromatic rings. The van der Waals surface area contributed by atoms with Crippen molar-refractivity contribution >= 4 is 17.7 Å². The second-order valence-electron chi connectivity index (χ2n) is 5.34. The van der Waals surface area contributed by atoms with Gasteiger partial charge in [-0.05, 0) is 12.0 Å². The number of hydrogen-bond acceptors (Lipinski definition) is 3. The summed E-state index contributed by atoms with van der Waals surface area (Å²) in [6, 6.07) is 9.21. The molecule has 1 aliphatic rings. The van der Waals surface area contributed by atoms with Crippen molar-refractivity contribution in [2.45, 2.75) is 32.4 Å². The zero-order valence-electron chi connectivity index (χ0n) is 12.7. The van der Waals surface area contributed by atoms with E-state index < -0.39 is 6.04 Å². The van der Waals surface area contributed by atoms with Crippen LogP contribution in [-0.2, 0) is 20.9 Å². The van der Waals surface area contributed by atoms with E-state index in [0.717, 1.165) is 5.56 Å². The minimum Gasteiger partial charge on any atom is -0.355 e. The maximum absolute atomic E-state index is 12.2. The summed E-state index contributed by atoms with van der Waals surface area (Å²) in [7, 11) is 0. The summed E-state index contributed by atoms with van der Waals surface area (Å²) in [6.45, 7) is 2.63. The number of amides is 3. The van der Waals surface area contributed by atoms with Crippen LogP contribution in [0, 0.1) is 0 Å². The zero-order valence-corrected chi connectivity index (χ0v) is 12.7. The van der Waals surface area contributed by atoms with Crippen molar-refractivity contribution in [1.29, 1.82) is 0 Å². The Morgan fingerprint density at radius 1 is 1.18 bits per heavy atom. The lowest BCUT2D eigenvalue weighted by atomic mass is 10.1. The summed E-state index contributed by atoms with van der Waals surface area (Å²) in [5.74, 6) is -0.283. The summed E-state index contributed by atoms with van der Waals surface area (Å²) in [6.07, 6.45) is 0.939. The Balaban J connectivity index is 1.89. The van der Waals surface area contributed by atoms with E-state index in [4.69, 9.17) is 0 Å². The molecule has 22 heavy (non-hydrogen) atoms. The van der Waals surface area contributed by atoms with Gasteiger partial charge in [0.15, 0.2) is 0 Å². The van der Waals surface area contributed by atoms with Gasteiger partial charge in [0.1, 0.15) is 6.04 Å². The van der Waals surface area contributed by atoms with Gasteiger partial charge in [0, 0.05) is 33.0 Å². The lowest BCUT2D eigenvalue weighted by Gasteiger charge is -2.24. The molecular formula is C16H21N3O3.